The van der Waals surface area contributed by atoms with Gasteiger partial charge in [-0.05, 0) is 79.6 Å². The SMILES string of the molecule is O=C(c1ccc(I)c(Cl)c1)N1CCCC(N2CCCC2)C1. The Balaban J connectivity index is 1.70. The van der Waals surface area contributed by atoms with Crippen molar-refractivity contribution in [1.29, 1.82) is 0 Å². The van der Waals surface area contributed by atoms with Gasteiger partial charge in [-0.25, -0.2) is 0 Å². The molecule has 21 heavy (non-hydrogen) atoms. The Morgan fingerprint density at radius 2 is 1.95 bits per heavy atom. The topological polar surface area (TPSA) is 23.6 Å². The van der Waals surface area contributed by atoms with Crippen LogP contribution in [0.25, 0.3) is 0 Å². The smallest absolute Gasteiger partial charge is 0.253 e. The number of likely N-dealkylation sites (tertiary alicyclic amines) is 2. The standard InChI is InChI=1S/C16H20ClIN2O/c17-14-10-12(5-6-15(14)18)16(21)20-9-3-4-13(11-20)19-7-1-2-8-19/h5-6,10,13H,1-4,7-9,11H2. The van der Waals surface area contributed by atoms with Crippen molar-refractivity contribution in [2.45, 2.75) is 31.7 Å². The summed E-state index contributed by atoms with van der Waals surface area (Å²) in [5.41, 5.74) is 0.711. The van der Waals surface area contributed by atoms with Crippen LogP contribution in [0.1, 0.15) is 36.0 Å². The van der Waals surface area contributed by atoms with Gasteiger partial charge in [-0.15, -0.1) is 0 Å². The molecule has 3 rings (SSSR count). The van der Waals surface area contributed by atoms with Gasteiger partial charge in [0.1, 0.15) is 0 Å². The Labute approximate surface area is 144 Å². The van der Waals surface area contributed by atoms with E-state index in [0.717, 1.165) is 23.1 Å². The van der Waals surface area contributed by atoms with Crippen LogP contribution in [0.5, 0.6) is 0 Å². The molecule has 0 spiro atoms. The van der Waals surface area contributed by atoms with Crippen LogP contribution in [0.2, 0.25) is 5.02 Å². The minimum absolute atomic E-state index is 0.122. The first-order chi connectivity index (χ1) is 10.1. The van der Waals surface area contributed by atoms with E-state index < -0.39 is 0 Å². The highest BCUT2D eigenvalue weighted by Crippen LogP contribution is 2.24. The molecule has 1 aromatic rings. The van der Waals surface area contributed by atoms with Gasteiger partial charge in [0.15, 0.2) is 0 Å². The Hall–Kier alpha value is -0.330. The molecule has 2 aliphatic heterocycles. The summed E-state index contributed by atoms with van der Waals surface area (Å²) in [6.45, 7) is 4.12. The van der Waals surface area contributed by atoms with Crippen LogP contribution in [-0.2, 0) is 0 Å². The summed E-state index contributed by atoms with van der Waals surface area (Å²) >= 11 is 8.33. The number of hydrogen-bond acceptors (Lipinski definition) is 2. The van der Waals surface area contributed by atoms with Crippen molar-refractivity contribution in [3.05, 3.63) is 32.4 Å². The average Bonchev–Trinajstić information content (AvgIpc) is 3.04. The first kappa shape index (κ1) is 15.6. The van der Waals surface area contributed by atoms with E-state index in [-0.39, 0.29) is 5.91 Å². The molecule has 1 amide bonds. The van der Waals surface area contributed by atoms with E-state index in [2.05, 4.69) is 27.5 Å². The van der Waals surface area contributed by atoms with E-state index in [1.807, 2.05) is 17.0 Å². The third-order valence-corrected chi connectivity index (χ3v) is 6.08. The van der Waals surface area contributed by atoms with Gasteiger partial charge in [0.05, 0.1) is 5.02 Å². The molecule has 1 atom stereocenters. The van der Waals surface area contributed by atoms with Crippen molar-refractivity contribution < 1.29 is 4.79 Å². The largest absolute Gasteiger partial charge is 0.337 e. The number of halogens is 2. The van der Waals surface area contributed by atoms with E-state index in [4.69, 9.17) is 11.6 Å². The van der Waals surface area contributed by atoms with Crippen molar-refractivity contribution in [1.82, 2.24) is 9.80 Å². The number of hydrogen-bond donors (Lipinski definition) is 0. The molecule has 0 N–H and O–H groups in total. The lowest BCUT2D eigenvalue weighted by Crippen LogP contribution is -2.49. The van der Waals surface area contributed by atoms with Gasteiger partial charge in [-0.3, -0.25) is 9.69 Å². The monoisotopic (exact) mass is 418 g/mol. The van der Waals surface area contributed by atoms with E-state index in [0.29, 0.717) is 16.6 Å². The van der Waals surface area contributed by atoms with Crippen molar-refractivity contribution >= 4 is 40.1 Å². The molecular formula is C16H20ClIN2O. The zero-order valence-corrected chi connectivity index (χ0v) is 14.9. The molecule has 0 aromatic heterocycles. The summed E-state index contributed by atoms with van der Waals surface area (Å²) in [5, 5.41) is 0.662. The Bertz CT molecular complexity index is 531. The van der Waals surface area contributed by atoms with Crippen molar-refractivity contribution in [3.8, 4) is 0 Å². The normalized spacial score (nSPS) is 23.5. The maximum atomic E-state index is 12.7. The van der Waals surface area contributed by atoms with Crippen LogP contribution in [0.3, 0.4) is 0 Å². The molecule has 2 fully saturated rings. The van der Waals surface area contributed by atoms with Crippen molar-refractivity contribution in [3.63, 3.8) is 0 Å². The van der Waals surface area contributed by atoms with Gasteiger partial charge < -0.3 is 4.90 Å². The lowest BCUT2D eigenvalue weighted by Gasteiger charge is -2.37. The van der Waals surface area contributed by atoms with Gasteiger partial charge in [0.2, 0.25) is 0 Å². The zero-order valence-electron chi connectivity index (χ0n) is 12.0. The molecule has 1 aromatic carbocycles. The summed E-state index contributed by atoms with van der Waals surface area (Å²) in [5.74, 6) is 0.122. The van der Waals surface area contributed by atoms with Crippen LogP contribution >= 0.6 is 34.2 Å². The quantitative estimate of drug-likeness (QED) is 0.685. The van der Waals surface area contributed by atoms with Gasteiger partial charge in [-0.2, -0.15) is 0 Å². The Morgan fingerprint density at radius 3 is 2.67 bits per heavy atom. The summed E-state index contributed by atoms with van der Waals surface area (Å²) in [7, 11) is 0. The van der Waals surface area contributed by atoms with Gasteiger partial charge in [0.25, 0.3) is 5.91 Å². The Kier molecular flexibility index (Phi) is 5.07. The van der Waals surface area contributed by atoms with Crippen molar-refractivity contribution in [2.24, 2.45) is 0 Å². The summed E-state index contributed by atoms with van der Waals surface area (Å²) < 4.78 is 0.986. The average molecular weight is 419 g/mol. The molecule has 0 bridgehead atoms. The van der Waals surface area contributed by atoms with Gasteiger partial charge in [0, 0.05) is 28.3 Å². The highest BCUT2D eigenvalue weighted by molar-refractivity contribution is 14.1. The number of carbonyl (C=O) groups is 1. The fourth-order valence-corrected chi connectivity index (χ4v) is 3.87. The maximum Gasteiger partial charge on any atom is 0.253 e. The fraction of sp³-hybridized carbons (Fsp3) is 0.562. The molecule has 1 unspecified atom stereocenters. The lowest BCUT2D eigenvalue weighted by atomic mass is 10.0. The molecule has 0 radical (unpaired) electrons. The summed E-state index contributed by atoms with van der Waals surface area (Å²) in [4.78, 5) is 17.2. The molecule has 114 valence electrons. The second kappa shape index (κ2) is 6.84. The third kappa shape index (κ3) is 3.54. The van der Waals surface area contributed by atoms with Crippen molar-refractivity contribution in [2.75, 3.05) is 26.2 Å². The highest BCUT2D eigenvalue weighted by atomic mass is 127. The Morgan fingerprint density at radius 1 is 1.19 bits per heavy atom. The van der Waals surface area contributed by atoms with Gasteiger partial charge in [-0.1, -0.05) is 11.6 Å². The second-order valence-corrected chi connectivity index (χ2v) is 7.49. The predicted molar refractivity (Wildman–Crippen MR) is 93.9 cm³/mol. The van der Waals surface area contributed by atoms with E-state index in [9.17, 15) is 4.79 Å². The second-order valence-electron chi connectivity index (χ2n) is 5.92. The van der Waals surface area contributed by atoms with Crippen LogP contribution < -0.4 is 0 Å². The zero-order chi connectivity index (χ0) is 14.8. The van der Waals surface area contributed by atoms with Gasteiger partial charge >= 0.3 is 0 Å². The van der Waals surface area contributed by atoms with E-state index >= 15 is 0 Å². The van der Waals surface area contributed by atoms with Crippen LogP contribution in [0.4, 0.5) is 0 Å². The first-order valence-corrected chi connectivity index (χ1v) is 9.09. The number of rotatable bonds is 2. The molecule has 0 aliphatic carbocycles. The highest BCUT2D eigenvalue weighted by Gasteiger charge is 2.29. The number of nitrogens with zero attached hydrogens (tertiary/aromatic N) is 2. The first-order valence-electron chi connectivity index (χ1n) is 7.63. The van der Waals surface area contributed by atoms with Crippen LogP contribution in [0, 0.1) is 3.57 Å². The number of benzene rings is 1. The third-order valence-electron chi connectivity index (χ3n) is 4.51. The lowest BCUT2D eigenvalue weighted by molar-refractivity contribution is 0.0608. The number of piperidine rings is 1. The van der Waals surface area contributed by atoms with E-state index in [1.54, 1.807) is 6.07 Å². The number of carbonyl (C=O) groups excluding carboxylic acids is 1. The molecule has 0 saturated carbocycles. The molecule has 3 nitrogen and oxygen atoms in total. The fourth-order valence-electron chi connectivity index (χ4n) is 3.36. The number of amides is 1. The molecule has 2 heterocycles. The van der Waals surface area contributed by atoms with Crippen LogP contribution in [-0.4, -0.2) is 47.9 Å². The minimum Gasteiger partial charge on any atom is -0.337 e. The summed E-state index contributed by atoms with van der Waals surface area (Å²) in [6.07, 6.45) is 4.93. The molecule has 5 heteroatoms. The van der Waals surface area contributed by atoms with Crippen LogP contribution in [0.15, 0.2) is 18.2 Å². The predicted octanol–water partition coefficient (Wildman–Crippen LogP) is 3.65. The molecular weight excluding hydrogens is 399 g/mol. The summed E-state index contributed by atoms with van der Waals surface area (Å²) in [6, 6.07) is 6.14. The minimum atomic E-state index is 0.122. The maximum absolute atomic E-state index is 12.7. The van der Waals surface area contributed by atoms with E-state index in [1.165, 1.54) is 32.4 Å². The molecule has 2 aliphatic rings. The molecule has 2 saturated heterocycles.